The van der Waals surface area contributed by atoms with Crippen LogP contribution in [0.5, 0.6) is 5.88 Å². The second-order valence-electron chi connectivity index (χ2n) is 5.89. The molecule has 124 valence electrons. The molecule has 0 saturated heterocycles. The fourth-order valence-electron chi connectivity index (χ4n) is 3.18. The van der Waals surface area contributed by atoms with Gasteiger partial charge in [-0.05, 0) is 24.6 Å². The van der Waals surface area contributed by atoms with Gasteiger partial charge in [-0.2, -0.15) is 10.4 Å². The second kappa shape index (κ2) is 5.87. The van der Waals surface area contributed by atoms with E-state index >= 15 is 0 Å². The maximum absolute atomic E-state index is 9.55. The minimum atomic E-state index is -0.409. The molecule has 0 bridgehead atoms. The Balaban J connectivity index is 1.84. The van der Waals surface area contributed by atoms with Crippen LogP contribution in [0.1, 0.15) is 28.5 Å². The lowest BCUT2D eigenvalue weighted by Crippen LogP contribution is -2.22. The van der Waals surface area contributed by atoms with Crippen LogP contribution in [-0.4, -0.2) is 9.78 Å². The highest BCUT2D eigenvalue weighted by Crippen LogP contribution is 2.43. The molecule has 6 nitrogen and oxygen atoms in total. The van der Waals surface area contributed by atoms with Crippen LogP contribution >= 0.6 is 0 Å². The number of aryl methyl sites for hydroxylation is 1. The Morgan fingerprint density at radius 1 is 1.24 bits per heavy atom. The summed E-state index contributed by atoms with van der Waals surface area (Å²) in [5, 5.41) is 14.2. The number of benzene rings is 1. The van der Waals surface area contributed by atoms with E-state index in [9.17, 15) is 5.26 Å². The summed E-state index contributed by atoms with van der Waals surface area (Å²) in [6.45, 7) is 2.45. The number of allylic oxidation sites excluding steroid dienone is 1. The molecule has 2 N–H and O–H groups in total. The van der Waals surface area contributed by atoms with Crippen LogP contribution in [0.2, 0.25) is 0 Å². The Labute approximate surface area is 144 Å². The van der Waals surface area contributed by atoms with E-state index in [1.807, 2.05) is 43.3 Å². The minimum absolute atomic E-state index is 0.0885. The number of fused-ring (bicyclic) bond motifs is 1. The van der Waals surface area contributed by atoms with Crippen molar-refractivity contribution in [2.45, 2.75) is 19.4 Å². The summed E-state index contributed by atoms with van der Waals surface area (Å²) >= 11 is 0. The molecular formula is C19H16N4O2. The molecule has 0 amide bonds. The molecule has 0 aliphatic carbocycles. The molecule has 2 aromatic heterocycles. The third-order valence-electron chi connectivity index (χ3n) is 4.30. The topological polar surface area (TPSA) is 90.0 Å². The maximum Gasteiger partial charge on any atom is 0.224 e. The molecule has 1 aliphatic heterocycles. The normalized spacial score (nSPS) is 16.2. The van der Waals surface area contributed by atoms with Gasteiger partial charge in [-0.1, -0.05) is 30.3 Å². The molecular weight excluding hydrogens is 316 g/mol. The number of nitrogens with zero attached hydrogens (tertiary/aromatic N) is 3. The molecule has 0 spiro atoms. The highest BCUT2D eigenvalue weighted by Gasteiger charge is 2.37. The Hall–Kier alpha value is -3.46. The smallest absolute Gasteiger partial charge is 0.224 e. The lowest BCUT2D eigenvalue weighted by Gasteiger charge is -2.23. The predicted molar refractivity (Wildman–Crippen MR) is 90.5 cm³/mol. The number of hydrogen-bond acceptors (Lipinski definition) is 5. The molecule has 4 rings (SSSR count). The van der Waals surface area contributed by atoms with Crippen molar-refractivity contribution in [2.75, 3.05) is 0 Å². The number of hydrogen-bond donors (Lipinski definition) is 1. The summed E-state index contributed by atoms with van der Waals surface area (Å²) < 4.78 is 13.1. The Morgan fingerprint density at radius 3 is 2.72 bits per heavy atom. The number of ether oxygens (including phenoxy) is 1. The van der Waals surface area contributed by atoms with Gasteiger partial charge < -0.3 is 14.9 Å². The lowest BCUT2D eigenvalue weighted by molar-refractivity contribution is 0.347. The molecule has 0 fully saturated rings. The third-order valence-corrected chi connectivity index (χ3v) is 4.30. The van der Waals surface area contributed by atoms with E-state index in [0.29, 0.717) is 23.8 Å². The summed E-state index contributed by atoms with van der Waals surface area (Å²) in [6, 6.07) is 15.7. The van der Waals surface area contributed by atoms with Crippen molar-refractivity contribution in [1.29, 1.82) is 5.26 Å². The first-order valence-corrected chi connectivity index (χ1v) is 7.91. The third kappa shape index (κ3) is 2.46. The zero-order valence-electron chi connectivity index (χ0n) is 13.6. The van der Waals surface area contributed by atoms with Crippen LogP contribution in [0.4, 0.5) is 0 Å². The molecule has 6 heteroatoms. The Kier molecular flexibility index (Phi) is 3.55. The fourth-order valence-corrected chi connectivity index (χ4v) is 3.18. The predicted octanol–water partition coefficient (Wildman–Crippen LogP) is 3.05. The molecule has 25 heavy (non-hydrogen) atoms. The van der Waals surface area contributed by atoms with Crippen molar-refractivity contribution in [2.24, 2.45) is 5.73 Å². The number of furan rings is 1. The number of nitriles is 1. The van der Waals surface area contributed by atoms with E-state index in [2.05, 4.69) is 11.2 Å². The highest BCUT2D eigenvalue weighted by molar-refractivity contribution is 5.53. The lowest BCUT2D eigenvalue weighted by atomic mass is 9.88. The monoisotopic (exact) mass is 332 g/mol. The van der Waals surface area contributed by atoms with Gasteiger partial charge in [0.2, 0.25) is 11.8 Å². The summed E-state index contributed by atoms with van der Waals surface area (Å²) in [5.41, 5.74) is 9.06. The highest BCUT2D eigenvalue weighted by atomic mass is 16.5. The van der Waals surface area contributed by atoms with Gasteiger partial charge in [0, 0.05) is 0 Å². The van der Waals surface area contributed by atoms with Crippen molar-refractivity contribution in [3.8, 4) is 11.9 Å². The molecule has 0 saturated carbocycles. The van der Waals surface area contributed by atoms with Gasteiger partial charge in [0.1, 0.15) is 17.4 Å². The Bertz CT molecular complexity index is 979. The van der Waals surface area contributed by atoms with Gasteiger partial charge in [0.05, 0.1) is 30.0 Å². The average molecular weight is 332 g/mol. The summed E-state index contributed by atoms with van der Waals surface area (Å²) in [6.07, 6.45) is 1.58. The molecule has 1 aromatic carbocycles. The number of nitrogens with two attached hydrogens (primary N) is 1. The summed E-state index contributed by atoms with van der Waals surface area (Å²) in [7, 11) is 0. The molecule has 3 heterocycles. The van der Waals surface area contributed by atoms with Crippen molar-refractivity contribution in [1.82, 2.24) is 9.78 Å². The van der Waals surface area contributed by atoms with Crippen molar-refractivity contribution in [3.05, 3.63) is 82.8 Å². The van der Waals surface area contributed by atoms with Gasteiger partial charge in [-0.25, -0.2) is 4.68 Å². The fraction of sp³-hybridized carbons (Fsp3) is 0.158. The van der Waals surface area contributed by atoms with E-state index in [1.165, 1.54) is 0 Å². The summed E-state index contributed by atoms with van der Waals surface area (Å²) in [5.74, 6) is 0.879. The van der Waals surface area contributed by atoms with Crippen molar-refractivity contribution >= 4 is 0 Å². The van der Waals surface area contributed by atoms with E-state index in [-0.39, 0.29) is 5.88 Å². The Morgan fingerprint density at radius 2 is 2.04 bits per heavy atom. The van der Waals surface area contributed by atoms with Gasteiger partial charge in [-0.15, -0.1) is 0 Å². The van der Waals surface area contributed by atoms with Crippen LogP contribution in [0.15, 0.2) is 64.6 Å². The SMILES string of the molecule is Cc1nn(Cc2ccccc2)c2c1[C@@H](c1ccco1)C(C#N)=C(N)O2. The van der Waals surface area contributed by atoms with E-state index in [4.69, 9.17) is 14.9 Å². The standard InChI is InChI=1S/C19H16N4O2/c1-12-16-17(15-8-5-9-24-15)14(10-20)18(21)25-19(16)23(22-12)11-13-6-3-2-4-7-13/h2-9,17H,11,21H2,1H3/t17-/m1/s1. The van der Waals surface area contributed by atoms with Crippen LogP contribution < -0.4 is 10.5 Å². The maximum atomic E-state index is 9.55. The molecule has 0 unspecified atom stereocenters. The number of aromatic nitrogens is 2. The quantitative estimate of drug-likeness (QED) is 0.796. The van der Waals surface area contributed by atoms with Crippen molar-refractivity contribution < 1.29 is 9.15 Å². The van der Waals surface area contributed by atoms with Gasteiger partial charge in [-0.3, -0.25) is 0 Å². The van der Waals surface area contributed by atoms with Crippen LogP contribution in [0.3, 0.4) is 0 Å². The molecule has 3 aromatic rings. The van der Waals surface area contributed by atoms with Crippen molar-refractivity contribution in [3.63, 3.8) is 0 Å². The van der Waals surface area contributed by atoms with Crippen LogP contribution in [0.25, 0.3) is 0 Å². The first-order valence-electron chi connectivity index (χ1n) is 7.91. The van der Waals surface area contributed by atoms with E-state index < -0.39 is 5.92 Å². The molecule has 1 aliphatic rings. The van der Waals surface area contributed by atoms with Gasteiger partial charge >= 0.3 is 0 Å². The van der Waals surface area contributed by atoms with Crippen LogP contribution in [-0.2, 0) is 6.54 Å². The average Bonchev–Trinajstić information content (AvgIpc) is 3.24. The van der Waals surface area contributed by atoms with E-state index in [1.54, 1.807) is 17.0 Å². The molecule has 0 radical (unpaired) electrons. The first kappa shape index (κ1) is 15.1. The summed E-state index contributed by atoms with van der Waals surface area (Å²) in [4.78, 5) is 0. The van der Waals surface area contributed by atoms with Crippen LogP contribution in [0, 0.1) is 18.3 Å². The zero-order chi connectivity index (χ0) is 17.4. The van der Waals surface area contributed by atoms with Gasteiger partial charge in [0.15, 0.2) is 0 Å². The second-order valence-corrected chi connectivity index (χ2v) is 5.89. The largest absolute Gasteiger partial charge is 0.468 e. The minimum Gasteiger partial charge on any atom is -0.468 e. The van der Waals surface area contributed by atoms with Gasteiger partial charge in [0.25, 0.3) is 0 Å². The molecule has 1 atom stereocenters. The number of rotatable bonds is 3. The zero-order valence-corrected chi connectivity index (χ0v) is 13.6. The first-order chi connectivity index (χ1) is 12.2. The van der Waals surface area contributed by atoms with E-state index in [0.717, 1.165) is 16.8 Å².